The van der Waals surface area contributed by atoms with Gasteiger partial charge < -0.3 is 19.9 Å². The van der Waals surface area contributed by atoms with Crippen molar-refractivity contribution in [2.45, 2.75) is 13.0 Å². The number of halogens is 1. The molecule has 34 heavy (non-hydrogen) atoms. The van der Waals surface area contributed by atoms with Gasteiger partial charge >= 0.3 is 0 Å². The predicted molar refractivity (Wildman–Crippen MR) is 135 cm³/mol. The molecule has 2 amide bonds. The van der Waals surface area contributed by atoms with Crippen LogP contribution in [-0.2, 0) is 27.3 Å². The molecule has 0 radical (unpaired) electrons. The van der Waals surface area contributed by atoms with Crippen molar-refractivity contribution in [3.05, 3.63) is 95.0 Å². The summed E-state index contributed by atoms with van der Waals surface area (Å²) >= 11 is 6.00. The van der Waals surface area contributed by atoms with Crippen LogP contribution in [0.5, 0.6) is 0 Å². The van der Waals surface area contributed by atoms with Gasteiger partial charge in [0.15, 0.2) is 0 Å². The lowest BCUT2D eigenvalue weighted by molar-refractivity contribution is -0.134. The molecule has 176 valence electrons. The number of nitrogens with zero attached hydrogens (tertiary/aromatic N) is 2. The van der Waals surface area contributed by atoms with Crippen molar-refractivity contribution in [2.75, 3.05) is 43.1 Å². The second-order valence-electron chi connectivity index (χ2n) is 8.23. The van der Waals surface area contributed by atoms with E-state index in [0.29, 0.717) is 17.3 Å². The smallest absolute Gasteiger partial charge is 0.244 e. The summed E-state index contributed by atoms with van der Waals surface area (Å²) in [6.07, 6.45) is 0.232. The summed E-state index contributed by atoms with van der Waals surface area (Å²) in [5, 5.41) is 3.55. The Hall–Kier alpha value is -3.35. The molecule has 6 nitrogen and oxygen atoms in total. The Kier molecular flexibility index (Phi) is 8.17. The molecule has 0 aliphatic carbocycles. The summed E-state index contributed by atoms with van der Waals surface area (Å²) in [6, 6.07) is 24.6. The van der Waals surface area contributed by atoms with Crippen molar-refractivity contribution in [1.29, 1.82) is 0 Å². The maximum absolute atomic E-state index is 13.1. The van der Waals surface area contributed by atoms with Crippen LogP contribution in [0.1, 0.15) is 11.1 Å². The van der Waals surface area contributed by atoms with Gasteiger partial charge in [-0.3, -0.25) is 9.59 Å². The van der Waals surface area contributed by atoms with Crippen LogP contribution in [0.3, 0.4) is 0 Å². The van der Waals surface area contributed by atoms with Crippen molar-refractivity contribution in [3.8, 4) is 0 Å². The van der Waals surface area contributed by atoms with Gasteiger partial charge in [-0.25, -0.2) is 0 Å². The van der Waals surface area contributed by atoms with Gasteiger partial charge in [0.05, 0.1) is 19.6 Å². The number of hydrogen-bond donors (Lipinski definition) is 1. The fourth-order valence-electron chi connectivity index (χ4n) is 3.88. The summed E-state index contributed by atoms with van der Waals surface area (Å²) in [4.78, 5) is 29.8. The zero-order valence-electron chi connectivity index (χ0n) is 19.0. The second-order valence-corrected chi connectivity index (χ2v) is 8.67. The molecule has 3 aromatic carbocycles. The monoisotopic (exact) mass is 477 g/mol. The molecule has 7 heteroatoms. The van der Waals surface area contributed by atoms with Crippen LogP contribution in [0, 0.1) is 0 Å². The summed E-state index contributed by atoms with van der Waals surface area (Å²) in [5.41, 5.74) is 3.62. The zero-order chi connectivity index (χ0) is 23.8. The van der Waals surface area contributed by atoms with Gasteiger partial charge in [-0.05, 0) is 47.5 Å². The van der Waals surface area contributed by atoms with E-state index in [1.54, 1.807) is 17.0 Å². The highest BCUT2D eigenvalue weighted by Gasteiger charge is 2.19. The van der Waals surface area contributed by atoms with Crippen LogP contribution in [0.2, 0.25) is 5.02 Å². The van der Waals surface area contributed by atoms with Crippen LogP contribution >= 0.6 is 11.6 Å². The van der Waals surface area contributed by atoms with Crippen molar-refractivity contribution >= 4 is 34.8 Å². The van der Waals surface area contributed by atoms with Crippen LogP contribution < -0.4 is 10.2 Å². The Morgan fingerprint density at radius 2 is 1.56 bits per heavy atom. The number of carbonyl (C=O) groups excluding carboxylic acids is 2. The highest BCUT2D eigenvalue weighted by molar-refractivity contribution is 6.30. The predicted octanol–water partition coefficient (Wildman–Crippen LogP) is 4.39. The largest absolute Gasteiger partial charge is 0.378 e. The lowest BCUT2D eigenvalue weighted by Crippen LogP contribution is -2.38. The van der Waals surface area contributed by atoms with Gasteiger partial charge in [0, 0.05) is 36.0 Å². The fourth-order valence-corrected chi connectivity index (χ4v) is 4.00. The average Bonchev–Trinajstić information content (AvgIpc) is 2.86. The number of rotatable bonds is 8. The third kappa shape index (κ3) is 6.83. The van der Waals surface area contributed by atoms with E-state index in [1.165, 1.54) is 0 Å². The van der Waals surface area contributed by atoms with E-state index in [-0.39, 0.29) is 24.8 Å². The molecule has 0 spiro atoms. The number of nitrogens with one attached hydrogen (secondary N) is 1. The Balaban J connectivity index is 1.41. The van der Waals surface area contributed by atoms with Gasteiger partial charge in [-0.15, -0.1) is 0 Å². The summed E-state index contributed by atoms with van der Waals surface area (Å²) in [7, 11) is 0. The number of ether oxygens (including phenoxy) is 1. The molecule has 3 aromatic rings. The minimum Gasteiger partial charge on any atom is -0.378 e. The molecule has 0 atom stereocenters. The molecule has 0 saturated carbocycles. The van der Waals surface area contributed by atoms with Crippen molar-refractivity contribution in [1.82, 2.24) is 4.90 Å². The topological polar surface area (TPSA) is 61.9 Å². The van der Waals surface area contributed by atoms with E-state index in [9.17, 15) is 9.59 Å². The molecule has 1 fully saturated rings. The third-order valence-electron chi connectivity index (χ3n) is 5.70. The lowest BCUT2D eigenvalue weighted by Gasteiger charge is -2.29. The molecule has 0 bridgehead atoms. The summed E-state index contributed by atoms with van der Waals surface area (Å²) in [5.74, 6) is -0.353. The Morgan fingerprint density at radius 3 is 2.24 bits per heavy atom. The summed E-state index contributed by atoms with van der Waals surface area (Å²) in [6.45, 7) is 3.44. The Bertz CT molecular complexity index is 1080. The minimum atomic E-state index is -0.241. The van der Waals surface area contributed by atoms with Gasteiger partial charge in [0.2, 0.25) is 11.8 Å². The number of benzene rings is 3. The van der Waals surface area contributed by atoms with Crippen LogP contribution in [0.15, 0.2) is 78.9 Å². The first-order valence-corrected chi connectivity index (χ1v) is 11.7. The minimum absolute atomic E-state index is 0.0422. The molecule has 1 aliphatic rings. The third-order valence-corrected chi connectivity index (χ3v) is 5.95. The van der Waals surface area contributed by atoms with E-state index >= 15 is 0 Å². The van der Waals surface area contributed by atoms with Crippen LogP contribution in [-0.4, -0.2) is 49.6 Å². The van der Waals surface area contributed by atoms with Gasteiger partial charge in [-0.1, -0.05) is 54.1 Å². The van der Waals surface area contributed by atoms with Crippen molar-refractivity contribution in [2.24, 2.45) is 0 Å². The Morgan fingerprint density at radius 1 is 0.882 bits per heavy atom. The van der Waals surface area contributed by atoms with Gasteiger partial charge in [0.25, 0.3) is 0 Å². The van der Waals surface area contributed by atoms with Gasteiger partial charge in [0.1, 0.15) is 6.54 Å². The van der Waals surface area contributed by atoms with E-state index in [4.69, 9.17) is 16.3 Å². The number of anilines is 2. The quantitative estimate of drug-likeness (QED) is 0.523. The van der Waals surface area contributed by atoms with E-state index in [0.717, 1.165) is 43.1 Å². The summed E-state index contributed by atoms with van der Waals surface area (Å²) < 4.78 is 5.40. The molecule has 4 rings (SSSR count). The molecule has 1 saturated heterocycles. The maximum atomic E-state index is 13.1. The number of hydrogen-bond acceptors (Lipinski definition) is 4. The fraction of sp³-hybridized carbons (Fsp3) is 0.259. The standard InChI is InChI=1S/C27H28ClN3O3/c28-23-8-6-22(7-9-23)19-31(27(33)18-21-4-2-1-3-5-21)20-26(32)29-24-10-12-25(13-11-24)30-14-16-34-17-15-30/h1-13H,14-20H2,(H,29,32). The van der Waals surface area contributed by atoms with Crippen molar-refractivity contribution < 1.29 is 14.3 Å². The number of carbonyl (C=O) groups is 2. The van der Waals surface area contributed by atoms with Crippen LogP contribution in [0.25, 0.3) is 0 Å². The SMILES string of the molecule is O=C(CN(Cc1ccc(Cl)cc1)C(=O)Cc1ccccc1)Nc1ccc(N2CCOCC2)cc1. The van der Waals surface area contributed by atoms with E-state index in [1.807, 2.05) is 66.7 Å². The highest BCUT2D eigenvalue weighted by Crippen LogP contribution is 2.19. The normalized spacial score (nSPS) is 13.4. The lowest BCUT2D eigenvalue weighted by atomic mass is 10.1. The second kappa shape index (κ2) is 11.7. The first kappa shape index (κ1) is 23.8. The molecule has 1 heterocycles. The van der Waals surface area contributed by atoms with E-state index < -0.39 is 0 Å². The van der Waals surface area contributed by atoms with Crippen molar-refractivity contribution in [3.63, 3.8) is 0 Å². The van der Waals surface area contributed by atoms with E-state index in [2.05, 4.69) is 10.2 Å². The highest BCUT2D eigenvalue weighted by atomic mass is 35.5. The zero-order valence-corrected chi connectivity index (χ0v) is 19.7. The molecule has 1 aliphatic heterocycles. The first-order chi connectivity index (χ1) is 16.6. The average molecular weight is 478 g/mol. The molecule has 0 aromatic heterocycles. The van der Waals surface area contributed by atoms with Gasteiger partial charge in [-0.2, -0.15) is 0 Å². The number of morpholine rings is 1. The molecular weight excluding hydrogens is 450 g/mol. The first-order valence-electron chi connectivity index (χ1n) is 11.4. The molecule has 1 N–H and O–H groups in total. The Labute approximate surface area is 205 Å². The van der Waals surface area contributed by atoms with Crippen LogP contribution in [0.4, 0.5) is 11.4 Å². The molecule has 0 unspecified atom stereocenters. The number of amides is 2. The molecular formula is C27H28ClN3O3. The maximum Gasteiger partial charge on any atom is 0.244 e.